The molecule has 0 fully saturated rings. The average Bonchev–Trinajstić information content (AvgIpc) is 3.06. The molecule has 0 spiro atoms. The number of aromatic nitrogens is 2. The van der Waals surface area contributed by atoms with Gasteiger partial charge in [0.1, 0.15) is 0 Å². The van der Waals surface area contributed by atoms with E-state index in [0.29, 0.717) is 0 Å². The third-order valence-electron chi connectivity index (χ3n) is 2.69. The van der Waals surface area contributed by atoms with Crippen molar-refractivity contribution >= 4 is 33.0 Å². The van der Waals surface area contributed by atoms with E-state index < -0.39 is 0 Å². The average molecular weight is 334 g/mol. The first-order valence-corrected chi connectivity index (χ1v) is 7.55. The molecule has 0 unspecified atom stereocenters. The number of hydrogen-bond donors (Lipinski definition) is 1. The Morgan fingerprint density at radius 3 is 2.84 bits per heavy atom. The predicted molar refractivity (Wildman–Crippen MR) is 82.9 cm³/mol. The minimum absolute atomic E-state index is 0.816. The van der Waals surface area contributed by atoms with E-state index in [2.05, 4.69) is 37.8 Å². The molecule has 0 aliphatic heterocycles. The van der Waals surface area contributed by atoms with Gasteiger partial charge in [-0.2, -0.15) is 5.10 Å². The number of thiophene rings is 1. The van der Waals surface area contributed by atoms with Crippen molar-refractivity contribution in [3.8, 4) is 5.69 Å². The quantitative estimate of drug-likeness (QED) is 0.771. The lowest BCUT2D eigenvalue weighted by Gasteiger charge is -2.01. The van der Waals surface area contributed by atoms with Gasteiger partial charge in [0.25, 0.3) is 0 Å². The zero-order valence-corrected chi connectivity index (χ0v) is 12.5. The summed E-state index contributed by atoms with van der Waals surface area (Å²) in [6, 6.07) is 12.2. The lowest BCUT2D eigenvalue weighted by Crippen LogP contribution is -1.96. The maximum atomic E-state index is 4.35. The Kier molecular flexibility index (Phi) is 3.66. The second-order valence-corrected chi connectivity index (χ2v) is 6.01. The van der Waals surface area contributed by atoms with Crippen LogP contribution in [-0.4, -0.2) is 9.78 Å². The standard InChI is InChI=1S/C14H12BrN3S/c15-11-6-14(19-10-11)8-16-12-7-17-18(9-12)13-4-2-1-3-5-13/h1-7,9-10,16H,8H2. The minimum Gasteiger partial charge on any atom is -0.378 e. The van der Waals surface area contributed by atoms with E-state index in [4.69, 9.17) is 0 Å². The summed E-state index contributed by atoms with van der Waals surface area (Å²) < 4.78 is 3.00. The molecule has 3 nitrogen and oxygen atoms in total. The van der Waals surface area contributed by atoms with Gasteiger partial charge in [-0.1, -0.05) is 18.2 Å². The number of rotatable bonds is 4. The Morgan fingerprint density at radius 1 is 1.26 bits per heavy atom. The summed E-state index contributed by atoms with van der Waals surface area (Å²) in [4.78, 5) is 1.29. The summed E-state index contributed by atoms with van der Waals surface area (Å²) in [7, 11) is 0. The van der Waals surface area contributed by atoms with Gasteiger partial charge in [-0.25, -0.2) is 4.68 Å². The molecule has 1 N–H and O–H groups in total. The van der Waals surface area contributed by atoms with Crippen molar-refractivity contribution in [2.24, 2.45) is 0 Å². The molecule has 0 atom stereocenters. The topological polar surface area (TPSA) is 29.9 Å². The van der Waals surface area contributed by atoms with Crippen molar-refractivity contribution in [1.82, 2.24) is 9.78 Å². The third-order valence-corrected chi connectivity index (χ3v) is 4.39. The summed E-state index contributed by atoms with van der Waals surface area (Å²) in [6.45, 7) is 0.816. The van der Waals surface area contributed by atoms with E-state index in [9.17, 15) is 0 Å². The molecule has 0 saturated heterocycles. The zero-order valence-electron chi connectivity index (χ0n) is 10.1. The number of anilines is 1. The number of benzene rings is 1. The van der Waals surface area contributed by atoms with Crippen LogP contribution in [0.5, 0.6) is 0 Å². The number of nitrogens with zero attached hydrogens (tertiary/aromatic N) is 2. The molecule has 0 amide bonds. The van der Waals surface area contributed by atoms with Gasteiger partial charge in [-0.05, 0) is 34.1 Å². The minimum atomic E-state index is 0.816. The molecule has 0 saturated carbocycles. The van der Waals surface area contributed by atoms with Crippen LogP contribution in [0.15, 0.2) is 58.6 Å². The van der Waals surface area contributed by atoms with Gasteiger partial charge in [0.2, 0.25) is 0 Å². The summed E-state index contributed by atoms with van der Waals surface area (Å²) in [5.41, 5.74) is 2.09. The first kappa shape index (κ1) is 12.4. The van der Waals surface area contributed by atoms with Crippen LogP contribution in [0, 0.1) is 0 Å². The van der Waals surface area contributed by atoms with Gasteiger partial charge in [0.05, 0.1) is 23.8 Å². The number of para-hydroxylation sites is 1. The van der Waals surface area contributed by atoms with E-state index in [1.807, 2.05) is 47.4 Å². The van der Waals surface area contributed by atoms with Gasteiger partial charge in [-0.15, -0.1) is 11.3 Å². The van der Waals surface area contributed by atoms with Crippen molar-refractivity contribution in [3.05, 3.63) is 63.5 Å². The molecular formula is C14H12BrN3S. The van der Waals surface area contributed by atoms with Gasteiger partial charge in [-0.3, -0.25) is 0 Å². The van der Waals surface area contributed by atoms with Crippen LogP contribution in [0.2, 0.25) is 0 Å². The van der Waals surface area contributed by atoms with Gasteiger partial charge < -0.3 is 5.32 Å². The first-order valence-electron chi connectivity index (χ1n) is 5.88. The highest BCUT2D eigenvalue weighted by atomic mass is 79.9. The summed E-state index contributed by atoms with van der Waals surface area (Å²) in [5.74, 6) is 0. The van der Waals surface area contributed by atoms with E-state index in [0.717, 1.165) is 22.4 Å². The van der Waals surface area contributed by atoms with Gasteiger partial charge >= 0.3 is 0 Å². The van der Waals surface area contributed by atoms with Crippen LogP contribution < -0.4 is 5.32 Å². The highest BCUT2D eigenvalue weighted by Gasteiger charge is 2.01. The summed E-state index contributed by atoms with van der Waals surface area (Å²) in [5, 5.41) is 9.81. The fraction of sp³-hybridized carbons (Fsp3) is 0.0714. The molecule has 1 aromatic carbocycles. The Labute approximate surface area is 124 Å². The molecule has 3 aromatic rings. The van der Waals surface area contributed by atoms with Crippen LogP contribution in [0.4, 0.5) is 5.69 Å². The lowest BCUT2D eigenvalue weighted by atomic mass is 10.3. The Hall–Kier alpha value is -1.59. The molecule has 0 aliphatic carbocycles. The summed E-state index contributed by atoms with van der Waals surface area (Å²) >= 11 is 5.19. The molecular weight excluding hydrogens is 322 g/mol. The van der Waals surface area contributed by atoms with Gasteiger partial charge in [0.15, 0.2) is 0 Å². The van der Waals surface area contributed by atoms with Crippen molar-refractivity contribution in [2.75, 3.05) is 5.32 Å². The SMILES string of the molecule is Brc1csc(CNc2cnn(-c3ccccc3)c2)c1. The third kappa shape index (κ3) is 3.05. The molecule has 2 aromatic heterocycles. The van der Waals surface area contributed by atoms with E-state index in [1.165, 1.54) is 4.88 Å². The normalized spacial score (nSPS) is 10.6. The number of nitrogens with one attached hydrogen (secondary N) is 1. The van der Waals surface area contributed by atoms with Crippen LogP contribution in [0.3, 0.4) is 0 Å². The van der Waals surface area contributed by atoms with Crippen molar-refractivity contribution < 1.29 is 0 Å². The smallest absolute Gasteiger partial charge is 0.0734 e. The van der Waals surface area contributed by atoms with Crippen molar-refractivity contribution in [3.63, 3.8) is 0 Å². The zero-order chi connectivity index (χ0) is 13.1. The molecule has 0 radical (unpaired) electrons. The van der Waals surface area contributed by atoms with E-state index in [-0.39, 0.29) is 0 Å². The second-order valence-electron chi connectivity index (χ2n) is 4.09. The fourth-order valence-electron chi connectivity index (χ4n) is 1.77. The highest BCUT2D eigenvalue weighted by molar-refractivity contribution is 9.10. The molecule has 5 heteroatoms. The Bertz CT molecular complexity index is 660. The van der Waals surface area contributed by atoms with Crippen LogP contribution in [-0.2, 0) is 6.54 Å². The van der Waals surface area contributed by atoms with E-state index in [1.54, 1.807) is 11.3 Å². The first-order chi connectivity index (χ1) is 9.31. The second kappa shape index (κ2) is 5.59. The number of halogens is 1. The fourth-order valence-corrected chi connectivity index (χ4v) is 3.16. The number of hydrogen-bond acceptors (Lipinski definition) is 3. The molecule has 96 valence electrons. The molecule has 2 heterocycles. The summed E-state index contributed by atoms with van der Waals surface area (Å²) in [6.07, 6.45) is 3.84. The largest absolute Gasteiger partial charge is 0.378 e. The Morgan fingerprint density at radius 2 is 2.11 bits per heavy atom. The van der Waals surface area contributed by atoms with Crippen molar-refractivity contribution in [2.45, 2.75) is 6.54 Å². The predicted octanol–water partition coefficient (Wildman–Crippen LogP) is 4.31. The van der Waals surface area contributed by atoms with Gasteiger partial charge in [0, 0.05) is 21.3 Å². The maximum absolute atomic E-state index is 4.35. The molecule has 3 rings (SSSR count). The van der Waals surface area contributed by atoms with Crippen LogP contribution in [0.1, 0.15) is 4.88 Å². The lowest BCUT2D eigenvalue weighted by molar-refractivity contribution is 0.880. The van der Waals surface area contributed by atoms with Crippen LogP contribution >= 0.6 is 27.3 Å². The molecule has 0 aliphatic rings. The highest BCUT2D eigenvalue weighted by Crippen LogP contribution is 2.21. The molecule has 0 bridgehead atoms. The van der Waals surface area contributed by atoms with Crippen LogP contribution in [0.25, 0.3) is 5.69 Å². The van der Waals surface area contributed by atoms with Crippen molar-refractivity contribution in [1.29, 1.82) is 0 Å². The Balaban J connectivity index is 1.68. The monoisotopic (exact) mass is 333 g/mol. The molecule has 19 heavy (non-hydrogen) atoms. The maximum Gasteiger partial charge on any atom is 0.0734 e. The van der Waals surface area contributed by atoms with E-state index >= 15 is 0 Å².